The fourth-order valence-corrected chi connectivity index (χ4v) is 7.55. The van der Waals surface area contributed by atoms with Crippen LogP contribution < -0.4 is 10.2 Å². The number of hydrogen-bond acceptors (Lipinski definition) is 6. The van der Waals surface area contributed by atoms with E-state index in [1.54, 1.807) is 0 Å². The van der Waals surface area contributed by atoms with Crippen LogP contribution in [0, 0.1) is 6.92 Å². The Hall–Kier alpha value is -2.61. The Morgan fingerprint density at radius 2 is 1.64 bits per heavy atom. The van der Waals surface area contributed by atoms with Crippen molar-refractivity contribution in [2.45, 2.75) is 70.2 Å². The minimum absolute atomic E-state index is 0.121. The quantitative estimate of drug-likeness (QED) is 0.228. The highest BCUT2D eigenvalue weighted by Gasteiger charge is 2.31. The number of aliphatic hydroxyl groups is 1. The lowest BCUT2D eigenvalue weighted by atomic mass is 9.88. The molecule has 7 rings (SSSR count). The van der Waals surface area contributed by atoms with Crippen LogP contribution in [0.2, 0.25) is 10.0 Å². The van der Waals surface area contributed by atoms with Gasteiger partial charge in [0, 0.05) is 42.8 Å². The van der Waals surface area contributed by atoms with E-state index >= 15 is 0 Å². The average molecular weight is 606 g/mol. The number of hydrogen-bond donors (Lipinski definition) is 2. The van der Waals surface area contributed by atoms with Gasteiger partial charge >= 0.3 is 0 Å². The lowest BCUT2D eigenvalue weighted by molar-refractivity contribution is 0.0562. The van der Waals surface area contributed by atoms with Crippen molar-refractivity contribution in [3.05, 3.63) is 69.7 Å². The predicted octanol–water partition coefficient (Wildman–Crippen LogP) is 7.45. The van der Waals surface area contributed by atoms with Crippen molar-refractivity contribution >= 4 is 40.0 Å². The van der Waals surface area contributed by atoms with E-state index in [1.165, 1.54) is 18.4 Å². The van der Waals surface area contributed by atoms with Gasteiger partial charge in [-0.25, -0.2) is 4.98 Å². The molecule has 220 valence electrons. The van der Waals surface area contributed by atoms with Crippen LogP contribution in [0.1, 0.15) is 49.7 Å². The molecule has 6 nitrogen and oxygen atoms in total. The second kappa shape index (κ2) is 11.8. The summed E-state index contributed by atoms with van der Waals surface area (Å²) in [6, 6.07) is 17.6. The van der Waals surface area contributed by atoms with Gasteiger partial charge in [0.15, 0.2) is 5.58 Å². The summed E-state index contributed by atoms with van der Waals surface area (Å²) in [4.78, 5) is 9.77. The lowest BCUT2D eigenvalue weighted by Crippen LogP contribution is -2.52. The minimum Gasteiger partial charge on any atom is -0.434 e. The lowest BCUT2D eigenvalue weighted by Gasteiger charge is -2.40. The van der Waals surface area contributed by atoms with Gasteiger partial charge < -0.3 is 19.7 Å². The van der Waals surface area contributed by atoms with E-state index in [-0.39, 0.29) is 6.10 Å². The van der Waals surface area contributed by atoms with E-state index in [1.807, 2.05) is 12.1 Å². The van der Waals surface area contributed by atoms with Crippen molar-refractivity contribution in [3.8, 4) is 22.6 Å². The maximum absolute atomic E-state index is 9.61. The monoisotopic (exact) mass is 604 g/mol. The summed E-state index contributed by atoms with van der Waals surface area (Å²) in [5.74, 6) is 0.574. The highest BCUT2D eigenvalue weighted by molar-refractivity contribution is 6.36. The first kappa shape index (κ1) is 28.2. The molecule has 2 saturated heterocycles. The molecule has 3 aliphatic rings. The highest BCUT2D eigenvalue weighted by Crippen LogP contribution is 2.41. The molecule has 0 amide bonds. The van der Waals surface area contributed by atoms with Crippen LogP contribution in [0.3, 0.4) is 0 Å². The minimum atomic E-state index is -0.121. The fourth-order valence-electron chi connectivity index (χ4n) is 6.93. The molecule has 2 aliphatic heterocycles. The molecule has 3 fully saturated rings. The molecular formula is C34H38Cl2N4O2. The first-order chi connectivity index (χ1) is 20.4. The van der Waals surface area contributed by atoms with Crippen LogP contribution in [-0.4, -0.2) is 59.4 Å². The molecule has 0 radical (unpaired) electrons. The van der Waals surface area contributed by atoms with Crippen molar-refractivity contribution in [1.29, 1.82) is 0 Å². The molecule has 0 atom stereocenters. The van der Waals surface area contributed by atoms with Gasteiger partial charge in [0.25, 0.3) is 0 Å². The number of aromatic nitrogens is 1. The van der Waals surface area contributed by atoms with Crippen molar-refractivity contribution < 1.29 is 9.52 Å². The number of anilines is 1. The van der Waals surface area contributed by atoms with Crippen molar-refractivity contribution in [3.63, 3.8) is 0 Å². The molecule has 42 heavy (non-hydrogen) atoms. The van der Waals surface area contributed by atoms with Gasteiger partial charge in [0.05, 0.1) is 21.8 Å². The number of likely N-dealkylation sites (tertiary alicyclic amines) is 1. The maximum atomic E-state index is 9.61. The fraction of sp³-hybridized carbons (Fsp3) is 0.441. The summed E-state index contributed by atoms with van der Waals surface area (Å²) >= 11 is 13.8. The second-order valence-corrected chi connectivity index (χ2v) is 13.1. The Morgan fingerprint density at radius 3 is 2.40 bits per heavy atom. The van der Waals surface area contributed by atoms with E-state index in [0.29, 0.717) is 28.6 Å². The summed E-state index contributed by atoms with van der Waals surface area (Å²) in [5, 5.41) is 14.7. The van der Waals surface area contributed by atoms with Crippen LogP contribution in [0.4, 0.5) is 5.69 Å². The topological polar surface area (TPSA) is 64.8 Å². The number of piperidine rings is 1. The van der Waals surface area contributed by atoms with Crippen molar-refractivity contribution in [2.75, 3.05) is 31.1 Å². The number of rotatable bonds is 7. The molecule has 8 heteroatoms. The third kappa shape index (κ3) is 5.56. The Labute approximate surface area is 257 Å². The Morgan fingerprint density at radius 1 is 0.929 bits per heavy atom. The zero-order valence-electron chi connectivity index (χ0n) is 24.1. The number of fused-ring (bicyclic) bond motifs is 1. The molecular weight excluding hydrogens is 567 g/mol. The van der Waals surface area contributed by atoms with Crippen molar-refractivity contribution in [2.24, 2.45) is 0 Å². The number of nitrogens with one attached hydrogen (secondary N) is 1. The van der Waals surface area contributed by atoms with Crippen LogP contribution in [0.15, 0.2) is 52.9 Å². The smallest absolute Gasteiger partial charge is 0.227 e. The SMILES string of the molecule is Cc1c(-c2nc3cc(CN4CCCC4)cc(Cl)c3o2)cccc1-c1cccc(N2CCC(N[C@H]3C[C@@H](O)C3)CC2)c1Cl. The molecule has 0 bridgehead atoms. The molecule has 3 heterocycles. The number of nitrogens with zero attached hydrogens (tertiary/aromatic N) is 3. The number of halogens is 2. The zero-order valence-corrected chi connectivity index (χ0v) is 25.6. The van der Waals surface area contributed by atoms with Gasteiger partial charge in [-0.2, -0.15) is 0 Å². The van der Waals surface area contributed by atoms with Gasteiger partial charge in [-0.15, -0.1) is 0 Å². The third-order valence-corrected chi connectivity index (χ3v) is 10.0. The standard InChI is InChI=1S/C34H38Cl2N4O2/c1-21-26(28-8-5-9-31(32(28)36)40-14-10-23(11-15-40)37-24-18-25(41)19-24)6-4-7-27(21)34-38-30-17-22(16-29(35)33(30)42-34)20-39-12-2-3-13-39/h4-9,16-17,23-25,37,41H,2-3,10-15,18-20H2,1H3/t24-,25+. The Bertz CT molecular complexity index is 1580. The van der Waals surface area contributed by atoms with Crippen LogP contribution >= 0.6 is 23.2 Å². The Balaban J connectivity index is 1.13. The molecule has 1 aromatic heterocycles. The summed E-state index contributed by atoms with van der Waals surface area (Å²) in [5.41, 5.74) is 7.77. The van der Waals surface area contributed by atoms with E-state index in [4.69, 9.17) is 32.6 Å². The number of oxazole rings is 1. The maximum Gasteiger partial charge on any atom is 0.227 e. The molecule has 1 aliphatic carbocycles. The summed E-state index contributed by atoms with van der Waals surface area (Å²) in [7, 11) is 0. The summed E-state index contributed by atoms with van der Waals surface area (Å²) in [6.45, 7) is 7.18. The molecule has 2 N–H and O–H groups in total. The first-order valence-corrected chi connectivity index (χ1v) is 16.1. The third-order valence-electron chi connectivity index (χ3n) is 9.36. The number of benzene rings is 3. The summed E-state index contributed by atoms with van der Waals surface area (Å²) in [6.07, 6.45) is 6.30. The van der Waals surface area contributed by atoms with Gasteiger partial charge in [0.1, 0.15) is 5.52 Å². The van der Waals surface area contributed by atoms with E-state index in [0.717, 1.165) is 96.9 Å². The van der Waals surface area contributed by atoms with Gasteiger partial charge in [-0.1, -0.05) is 47.5 Å². The van der Waals surface area contributed by atoms with E-state index < -0.39 is 0 Å². The Kier molecular flexibility index (Phi) is 7.93. The highest BCUT2D eigenvalue weighted by atomic mass is 35.5. The van der Waals surface area contributed by atoms with Gasteiger partial charge in [-0.05, 0) is 99.5 Å². The van der Waals surface area contributed by atoms with Crippen molar-refractivity contribution in [1.82, 2.24) is 15.2 Å². The largest absolute Gasteiger partial charge is 0.434 e. The second-order valence-electron chi connectivity index (χ2n) is 12.3. The van der Waals surface area contributed by atoms with Crippen LogP contribution in [0.25, 0.3) is 33.7 Å². The molecule has 3 aromatic carbocycles. The predicted molar refractivity (Wildman–Crippen MR) is 172 cm³/mol. The first-order valence-electron chi connectivity index (χ1n) is 15.3. The molecule has 1 saturated carbocycles. The summed E-state index contributed by atoms with van der Waals surface area (Å²) < 4.78 is 6.27. The molecule has 0 spiro atoms. The number of aliphatic hydroxyl groups excluding tert-OH is 1. The van der Waals surface area contributed by atoms with Gasteiger partial charge in [0.2, 0.25) is 5.89 Å². The van der Waals surface area contributed by atoms with E-state index in [9.17, 15) is 5.11 Å². The van der Waals surface area contributed by atoms with E-state index in [2.05, 4.69) is 58.4 Å². The normalized spacial score (nSPS) is 21.8. The van der Waals surface area contributed by atoms with Crippen LogP contribution in [-0.2, 0) is 6.54 Å². The average Bonchev–Trinajstić information content (AvgIpc) is 3.64. The molecule has 0 unspecified atom stereocenters. The zero-order chi connectivity index (χ0) is 28.8. The molecule has 4 aromatic rings. The van der Waals surface area contributed by atoms with Gasteiger partial charge in [-0.3, -0.25) is 4.90 Å². The van der Waals surface area contributed by atoms with Crippen LogP contribution in [0.5, 0.6) is 0 Å².